The van der Waals surface area contributed by atoms with Gasteiger partial charge in [-0.25, -0.2) is 8.42 Å². The third-order valence-electron chi connectivity index (χ3n) is 11.4. The van der Waals surface area contributed by atoms with E-state index < -0.39 is 9.84 Å². The maximum Gasteiger partial charge on any atom is 0.217 e. The van der Waals surface area contributed by atoms with Gasteiger partial charge in [-0.15, -0.1) is 0 Å². The van der Waals surface area contributed by atoms with Crippen LogP contribution in [0.1, 0.15) is 50.2 Å². The molecule has 0 spiro atoms. The molecule has 1 unspecified atom stereocenters. The van der Waals surface area contributed by atoms with Crippen molar-refractivity contribution in [3.8, 4) is 0 Å². The Morgan fingerprint density at radius 3 is 2.41 bits per heavy atom. The number of likely N-dealkylation sites (N-methyl/N-ethyl adjacent to an activating group) is 1. The molecule has 1 N–H and O–H groups in total. The topological polar surface area (TPSA) is 90.8 Å². The number of anilines is 1. The summed E-state index contributed by atoms with van der Waals surface area (Å²) in [7, 11) is 0.435. The number of nitrogens with zero attached hydrogens (tertiary/aromatic N) is 5. The normalized spacial score (nSPS) is 26.5. The van der Waals surface area contributed by atoms with Crippen molar-refractivity contribution in [3.05, 3.63) is 72.1 Å². The molecule has 3 aromatic rings. The minimum atomic E-state index is -3.56. The van der Waals surface area contributed by atoms with Gasteiger partial charge in [-0.2, -0.15) is 5.10 Å². The van der Waals surface area contributed by atoms with E-state index in [0.29, 0.717) is 22.6 Å². The molecule has 4 heterocycles. The summed E-state index contributed by atoms with van der Waals surface area (Å²) >= 11 is 0. The lowest BCUT2D eigenvalue weighted by Gasteiger charge is -2.55. The first-order valence-electron chi connectivity index (χ1n) is 17.0. The Morgan fingerprint density at radius 1 is 0.978 bits per heavy atom. The van der Waals surface area contributed by atoms with Gasteiger partial charge >= 0.3 is 0 Å². The summed E-state index contributed by atoms with van der Waals surface area (Å²) in [4.78, 5) is 20.3. The van der Waals surface area contributed by atoms with Gasteiger partial charge in [0.05, 0.1) is 11.1 Å². The number of benzene rings is 2. The number of sulfone groups is 1. The van der Waals surface area contributed by atoms with Crippen LogP contribution in [0.4, 0.5) is 5.69 Å². The second-order valence-electron chi connectivity index (χ2n) is 14.4. The highest BCUT2D eigenvalue weighted by molar-refractivity contribution is 7.91. The molecule has 1 amide bonds. The molecule has 7 rings (SSSR count). The van der Waals surface area contributed by atoms with Gasteiger partial charge in [0.2, 0.25) is 15.7 Å². The first-order valence-corrected chi connectivity index (χ1v) is 18.5. The van der Waals surface area contributed by atoms with Crippen LogP contribution in [0.2, 0.25) is 0 Å². The van der Waals surface area contributed by atoms with E-state index in [4.69, 9.17) is 0 Å². The van der Waals surface area contributed by atoms with Crippen LogP contribution in [0.25, 0.3) is 0 Å². The summed E-state index contributed by atoms with van der Waals surface area (Å²) in [6.07, 6.45) is 8.76. The molecular formula is C36H48N6O3S. The van der Waals surface area contributed by atoms with E-state index in [2.05, 4.69) is 56.4 Å². The quantitative estimate of drug-likeness (QED) is 0.395. The van der Waals surface area contributed by atoms with Crippen molar-refractivity contribution in [1.82, 2.24) is 24.9 Å². The van der Waals surface area contributed by atoms with Crippen molar-refractivity contribution in [1.29, 1.82) is 0 Å². The van der Waals surface area contributed by atoms with E-state index in [9.17, 15) is 13.2 Å². The zero-order chi connectivity index (χ0) is 32.1. The number of aryl methyl sites for hydroxylation is 1. The van der Waals surface area contributed by atoms with Crippen LogP contribution in [0.15, 0.2) is 70.7 Å². The Bertz CT molecular complexity index is 1660. The molecule has 9 nitrogen and oxygen atoms in total. The molecule has 0 radical (unpaired) electrons. The van der Waals surface area contributed by atoms with Crippen molar-refractivity contribution < 1.29 is 13.2 Å². The van der Waals surface area contributed by atoms with Crippen LogP contribution < -0.4 is 10.2 Å². The predicted octanol–water partition coefficient (Wildman–Crippen LogP) is 4.09. The summed E-state index contributed by atoms with van der Waals surface area (Å²) in [6, 6.07) is 16.7. The van der Waals surface area contributed by atoms with Gasteiger partial charge in [-0.05, 0) is 93.0 Å². The van der Waals surface area contributed by atoms with Gasteiger partial charge in [0.25, 0.3) is 0 Å². The smallest absolute Gasteiger partial charge is 0.217 e. The van der Waals surface area contributed by atoms with Gasteiger partial charge < -0.3 is 20.0 Å². The van der Waals surface area contributed by atoms with Gasteiger partial charge in [0, 0.05) is 76.0 Å². The van der Waals surface area contributed by atoms with Crippen molar-refractivity contribution in [2.24, 2.45) is 24.8 Å². The predicted molar refractivity (Wildman–Crippen MR) is 179 cm³/mol. The molecule has 3 atom stereocenters. The number of nitrogens with one attached hydrogen (secondary N) is 1. The zero-order valence-electron chi connectivity index (χ0n) is 27.4. The Hall–Kier alpha value is -3.21. The fraction of sp³-hybridized carbons (Fsp3) is 0.556. The lowest BCUT2D eigenvalue weighted by molar-refractivity contribution is -0.120. The first-order chi connectivity index (χ1) is 22.1. The highest BCUT2D eigenvalue weighted by Gasteiger charge is 2.54. The van der Waals surface area contributed by atoms with E-state index in [1.165, 1.54) is 48.3 Å². The highest BCUT2D eigenvalue weighted by atomic mass is 32.2. The molecule has 1 saturated carbocycles. The van der Waals surface area contributed by atoms with Crippen LogP contribution in [0.5, 0.6) is 0 Å². The number of amides is 1. The largest absolute Gasteiger partial charge is 0.371 e. The third-order valence-corrected chi connectivity index (χ3v) is 13.1. The van der Waals surface area contributed by atoms with Gasteiger partial charge in [-0.3, -0.25) is 9.48 Å². The first kappa shape index (κ1) is 31.4. The summed E-state index contributed by atoms with van der Waals surface area (Å²) in [5.74, 6) is 1.76. The number of hydrogen-bond donors (Lipinski definition) is 1. The molecule has 246 valence electrons. The number of piperidine rings is 1. The Labute approximate surface area is 273 Å². The number of hydrogen-bond acceptors (Lipinski definition) is 7. The molecule has 3 fully saturated rings. The zero-order valence-corrected chi connectivity index (χ0v) is 28.3. The number of likely N-dealkylation sites (tertiary alicyclic amines) is 1. The summed E-state index contributed by atoms with van der Waals surface area (Å²) in [5.41, 5.74) is 4.14. The monoisotopic (exact) mass is 644 g/mol. The molecule has 1 aliphatic carbocycles. The Balaban J connectivity index is 0.993. The van der Waals surface area contributed by atoms with Crippen LogP contribution in [0, 0.1) is 17.8 Å². The highest BCUT2D eigenvalue weighted by Crippen LogP contribution is 2.53. The molecule has 2 aromatic carbocycles. The van der Waals surface area contributed by atoms with Crippen molar-refractivity contribution in [3.63, 3.8) is 0 Å². The Kier molecular flexibility index (Phi) is 8.48. The van der Waals surface area contributed by atoms with Crippen LogP contribution in [-0.2, 0) is 33.6 Å². The fourth-order valence-corrected chi connectivity index (χ4v) is 10.6. The minimum Gasteiger partial charge on any atom is -0.371 e. The van der Waals surface area contributed by atoms with Crippen molar-refractivity contribution in [2.45, 2.75) is 66.8 Å². The molecule has 4 aliphatic rings. The number of rotatable bonds is 8. The summed E-state index contributed by atoms with van der Waals surface area (Å²) < 4.78 is 27.4. The van der Waals surface area contributed by atoms with Gasteiger partial charge in [0.1, 0.15) is 4.90 Å². The fourth-order valence-electron chi connectivity index (χ4n) is 9.37. The number of aromatic nitrogens is 2. The van der Waals surface area contributed by atoms with Crippen LogP contribution in [-0.4, -0.2) is 86.3 Å². The lowest BCUT2D eigenvalue weighted by atomic mass is 9.56. The van der Waals surface area contributed by atoms with Gasteiger partial charge in [-0.1, -0.05) is 30.7 Å². The minimum absolute atomic E-state index is 0.0588. The molecule has 2 saturated heterocycles. The molecular weight excluding hydrogens is 597 g/mol. The maximum absolute atomic E-state index is 12.9. The van der Waals surface area contributed by atoms with E-state index >= 15 is 0 Å². The maximum atomic E-state index is 12.9. The summed E-state index contributed by atoms with van der Waals surface area (Å²) in [6.45, 7) is 9.07. The molecule has 46 heavy (non-hydrogen) atoms. The number of fused-ring (bicyclic) bond motifs is 1. The lowest BCUT2D eigenvalue weighted by Crippen LogP contribution is -2.59. The Morgan fingerprint density at radius 2 is 1.72 bits per heavy atom. The molecule has 3 aliphatic heterocycles. The second-order valence-corrected chi connectivity index (χ2v) is 16.4. The molecule has 1 aromatic heterocycles. The molecule has 0 bridgehead atoms. The van der Waals surface area contributed by atoms with E-state index in [0.717, 1.165) is 57.9 Å². The van der Waals surface area contributed by atoms with Crippen LogP contribution >= 0.6 is 0 Å². The van der Waals surface area contributed by atoms with Crippen molar-refractivity contribution >= 4 is 21.4 Å². The van der Waals surface area contributed by atoms with E-state index in [-0.39, 0.29) is 22.3 Å². The van der Waals surface area contributed by atoms with Crippen molar-refractivity contribution in [2.75, 3.05) is 51.2 Å². The average molecular weight is 645 g/mol. The van der Waals surface area contributed by atoms with E-state index in [1.54, 1.807) is 31.7 Å². The second kappa shape index (κ2) is 12.4. The third kappa shape index (κ3) is 5.77. The number of carbonyl (C=O) groups excluding carboxylic acids is 1. The number of carbonyl (C=O) groups is 1. The summed E-state index contributed by atoms with van der Waals surface area (Å²) in [5, 5.41) is 7.40. The average Bonchev–Trinajstić information content (AvgIpc) is 3.68. The van der Waals surface area contributed by atoms with E-state index in [1.807, 2.05) is 12.1 Å². The van der Waals surface area contributed by atoms with Gasteiger partial charge in [0.15, 0.2) is 0 Å². The standard InChI is InChI=1S/C36H48N6O3S/c1-26(43)38-35-10-6-9-34(35)36(25-39(2)23-28-7-4-5-8-33(28)36)29-15-17-41(18-16-29)20-27-21-42(22-27)30-11-13-31(14-12-30)46(44,45)32-19-37-40(3)24-32/h4-5,7-8,11-14,19,24,27,29,34-35H,6,9-10,15-18,20-23,25H2,1-3H3,(H,38,43)/t34-,35-,36?/m0/s1. The molecule has 10 heteroatoms. The SMILES string of the molecule is CC(=O)N[C@H]1CCC[C@@H]1C1(C2CCN(CC3CN(c4ccc(S(=O)(=O)c5cnn(C)c5)cc4)C3)CC2)CN(C)Cc2ccccc21. The van der Waals surface area contributed by atoms with Crippen LogP contribution in [0.3, 0.4) is 0 Å².